The van der Waals surface area contributed by atoms with Crippen molar-refractivity contribution in [2.45, 2.75) is 6.54 Å². The number of carbonyl (C=O) groups excluding carboxylic acids is 1. The number of hydrogen-bond donors (Lipinski definition) is 3. The first-order chi connectivity index (χ1) is 12.6. The normalized spacial score (nSPS) is 9.78. The van der Waals surface area contributed by atoms with Gasteiger partial charge in [0.25, 0.3) is 5.91 Å². The Kier molecular flexibility index (Phi) is 6.91. The first kappa shape index (κ1) is 19.9. The second-order valence-corrected chi connectivity index (χ2v) is 5.61. The van der Waals surface area contributed by atoms with Crippen molar-refractivity contribution in [3.63, 3.8) is 0 Å². The standard InChI is InChI=1S/C20H18N4O2.ClH/c21-19(22)15-2-1-3-16(12-15)20(25)24-13-14-4-6-17(7-5-14)26-18-8-10-23-11-9-18;/h1-12H,13H2,(H3,21,22)(H,24,25);1H. The Morgan fingerprint density at radius 1 is 1.00 bits per heavy atom. The Bertz CT molecular complexity index is 915. The molecule has 0 saturated heterocycles. The van der Waals surface area contributed by atoms with Crippen molar-refractivity contribution in [2.75, 3.05) is 0 Å². The van der Waals surface area contributed by atoms with Gasteiger partial charge < -0.3 is 15.8 Å². The Balaban J connectivity index is 0.00000261. The highest BCUT2D eigenvalue weighted by molar-refractivity contribution is 6.00. The van der Waals surface area contributed by atoms with E-state index < -0.39 is 0 Å². The lowest BCUT2D eigenvalue weighted by Crippen LogP contribution is -2.23. The molecule has 0 fully saturated rings. The maximum absolute atomic E-state index is 12.2. The number of nitrogen functional groups attached to an aromatic ring is 1. The molecule has 0 aliphatic heterocycles. The smallest absolute Gasteiger partial charge is 0.251 e. The molecule has 6 nitrogen and oxygen atoms in total. The van der Waals surface area contributed by atoms with Gasteiger partial charge in [-0.3, -0.25) is 15.2 Å². The quantitative estimate of drug-likeness (QED) is 0.448. The van der Waals surface area contributed by atoms with Crippen LogP contribution in [0.4, 0.5) is 0 Å². The van der Waals surface area contributed by atoms with E-state index >= 15 is 0 Å². The van der Waals surface area contributed by atoms with E-state index in [9.17, 15) is 4.79 Å². The van der Waals surface area contributed by atoms with E-state index in [0.717, 1.165) is 5.56 Å². The van der Waals surface area contributed by atoms with E-state index in [0.29, 0.717) is 29.2 Å². The third-order valence-electron chi connectivity index (χ3n) is 3.70. The van der Waals surface area contributed by atoms with Crippen LogP contribution in [0.25, 0.3) is 0 Å². The molecule has 0 atom stereocenters. The second-order valence-electron chi connectivity index (χ2n) is 5.61. The molecule has 1 amide bonds. The van der Waals surface area contributed by atoms with E-state index in [2.05, 4.69) is 10.3 Å². The third kappa shape index (κ3) is 5.55. The Morgan fingerprint density at radius 3 is 2.30 bits per heavy atom. The molecule has 2 aromatic carbocycles. The van der Waals surface area contributed by atoms with Crippen molar-refractivity contribution >= 4 is 24.1 Å². The van der Waals surface area contributed by atoms with Gasteiger partial charge in [0.2, 0.25) is 0 Å². The Hall–Kier alpha value is -3.38. The number of aromatic nitrogens is 1. The molecule has 27 heavy (non-hydrogen) atoms. The molecule has 0 aliphatic carbocycles. The van der Waals surface area contributed by atoms with Gasteiger partial charge >= 0.3 is 0 Å². The molecule has 0 radical (unpaired) electrons. The van der Waals surface area contributed by atoms with Crippen LogP contribution in [-0.4, -0.2) is 16.7 Å². The summed E-state index contributed by atoms with van der Waals surface area (Å²) < 4.78 is 5.70. The zero-order valence-electron chi connectivity index (χ0n) is 14.4. The number of benzene rings is 2. The number of nitrogens with two attached hydrogens (primary N) is 1. The molecule has 0 bridgehead atoms. The fourth-order valence-electron chi connectivity index (χ4n) is 2.33. The fourth-order valence-corrected chi connectivity index (χ4v) is 2.33. The number of nitrogens with one attached hydrogen (secondary N) is 2. The minimum atomic E-state index is -0.217. The molecule has 138 valence electrons. The largest absolute Gasteiger partial charge is 0.457 e. The molecule has 4 N–H and O–H groups in total. The maximum atomic E-state index is 12.2. The van der Waals surface area contributed by atoms with Crippen molar-refractivity contribution < 1.29 is 9.53 Å². The molecule has 7 heteroatoms. The summed E-state index contributed by atoms with van der Waals surface area (Å²) in [7, 11) is 0. The van der Waals surface area contributed by atoms with Crippen molar-refractivity contribution in [3.05, 3.63) is 89.7 Å². The summed E-state index contributed by atoms with van der Waals surface area (Å²) in [6.07, 6.45) is 3.33. The monoisotopic (exact) mass is 382 g/mol. The predicted molar refractivity (Wildman–Crippen MR) is 107 cm³/mol. The molecule has 0 saturated carbocycles. The Labute approximate surface area is 163 Å². The van der Waals surface area contributed by atoms with Crippen LogP contribution in [0.5, 0.6) is 11.5 Å². The van der Waals surface area contributed by atoms with Crippen molar-refractivity contribution in [1.82, 2.24) is 10.3 Å². The summed E-state index contributed by atoms with van der Waals surface area (Å²) in [4.78, 5) is 16.2. The lowest BCUT2D eigenvalue weighted by molar-refractivity contribution is 0.0951. The third-order valence-corrected chi connectivity index (χ3v) is 3.70. The molecule has 3 rings (SSSR count). The first-order valence-corrected chi connectivity index (χ1v) is 8.01. The minimum Gasteiger partial charge on any atom is -0.457 e. The average Bonchev–Trinajstić information content (AvgIpc) is 2.68. The van der Waals surface area contributed by atoms with Gasteiger partial charge in [0.1, 0.15) is 17.3 Å². The van der Waals surface area contributed by atoms with E-state index in [-0.39, 0.29) is 24.1 Å². The number of rotatable bonds is 6. The lowest BCUT2D eigenvalue weighted by atomic mass is 10.1. The zero-order valence-corrected chi connectivity index (χ0v) is 15.2. The van der Waals surface area contributed by atoms with Crippen LogP contribution in [0.1, 0.15) is 21.5 Å². The van der Waals surface area contributed by atoms with Crippen LogP contribution in [0.3, 0.4) is 0 Å². The molecule has 0 aliphatic rings. The highest BCUT2D eigenvalue weighted by Crippen LogP contribution is 2.20. The molecular weight excluding hydrogens is 364 g/mol. The van der Waals surface area contributed by atoms with Crippen LogP contribution in [0, 0.1) is 5.41 Å². The molecule has 1 heterocycles. The van der Waals surface area contributed by atoms with Gasteiger partial charge in [0.05, 0.1) is 0 Å². The summed E-state index contributed by atoms with van der Waals surface area (Å²) in [6, 6.07) is 17.7. The molecular formula is C20H19ClN4O2. The number of carbonyl (C=O) groups is 1. The van der Waals surface area contributed by atoms with Gasteiger partial charge in [0, 0.05) is 30.1 Å². The van der Waals surface area contributed by atoms with Gasteiger partial charge in [-0.1, -0.05) is 24.3 Å². The number of amidine groups is 1. The first-order valence-electron chi connectivity index (χ1n) is 8.01. The highest BCUT2D eigenvalue weighted by Gasteiger charge is 2.07. The van der Waals surface area contributed by atoms with E-state index in [1.165, 1.54) is 0 Å². The number of pyridine rings is 1. The van der Waals surface area contributed by atoms with Gasteiger partial charge in [-0.05, 0) is 42.0 Å². The van der Waals surface area contributed by atoms with Crippen LogP contribution >= 0.6 is 12.4 Å². The van der Waals surface area contributed by atoms with Crippen LogP contribution in [0.2, 0.25) is 0 Å². The molecule has 3 aromatic rings. The van der Waals surface area contributed by atoms with Crippen molar-refractivity contribution in [3.8, 4) is 11.5 Å². The number of amides is 1. The van der Waals surface area contributed by atoms with E-state index in [1.54, 1.807) is 48.8 Å². The summed E-state index contributed by atoms with van der Waals surface area (Å²) >= 11 is 0. The van der Waals surface area contributed by atoms with Gasteiger partial charge in [0.15, 0.2) is 0 Å². The predicted octanol–water partition coefficient (Wildman–Crippen LogP) is 3.51. The second kappa shape index (κ2) is 9.35. The SMILES string of the molecule is Cl.N=C(N)c1cccc(C(=O)NCc2ccc(Oc3ccncc3)cc2)c1. The minimum absolute atomic E-state index is 0. The Morgan fingerprint density at radius 2 is 1.63 bits per heavy atom. The van der Waals surface area contributed by atoms with E-state index in [1.807, 2.05) is 24.3 Å². The highest BCUT2D eigenvalue weighted by atomic mass is 35.5. The number of nitrogens with zero attached hydrogens (tertiary/aromatic N) is 1. The van der Waals surface area contributed by atoms with Crippen molar-refractivity contribution in [2.24, 2.45) is 5.73 Å². The molecule has 0 spiro atoms. The summed E-state index contributed by atoms with van der Waals surface area (Å²) in [5.74, 6) is 1.14. The molecule has 1 aromatic heterocycles. The van der Waals surface area contributed by atoms with Crippen molar-refractivity contribution in [1.29, 1.82) is 5.41 Å². The summed E-state index contributed by atoms with van der Waals surface area (Å²) in [5, 5.41) is 10.3. The lowest BCUT2D eigenvalue weighted by Gasteiger charge is -2.08. The topological polar surface area (TPSA) is 101 Å². The van der Waals surface area contributed by atoms with Gasteiger partial charge in [-0.25, -0.2) is 0 Å². The summed E-state index contributed by atoms with van der Waals surface area (Å²) in [6.45, 7) is 0.388. The maximum Gasteiger partial charge on any atom is 0.251 e. The average molecular weight is 383 g/mol. The zero-order chi connectivity index (χ0) is 18.4. The molecule has 0 unspecified atom stereocenters. The van der Waals surface area contributed by atoms with Crippen LogP contribution in [0.15, 0.2) is 73.1 Å². The number of ether oxygens (including phenoxy) is 1. The van der Waals surface area contributed by atoms with Crippen LogP contribution in [-0.2, 0) is 6.54 Å². The number of hydrogen-bond acceptors (Lipinski definition) is 4. The number of halogens is 1. The fraction of sp³-hybridized carbons (Fsp3) is 0.0500. The van der Waals surface area contributed by atoms with Crippen LogP contribution < -0.4 is 15.8 Å². The summed E-state index contributed by atoms with van der Waals surface area (Å²) in [5.41, 5.74) is 7.39. The van der Waals surface area contributed by atoms with Gasteiger partial charge in [-0.15, -0.1) is 12.4 Å². The van der Waals surface area contributed by atoms with Gasteiger partial charge in [-0.2, -0.15) is 0 Å². The van der Waals surface area contributed by atoms with E-state index in [4.69, 9.17) is 15.9 Å².